The molecule has 7 heteroatoms. The molecule has 0 atom stereocenters. The largest absolute Gasteiger partial charge is 0.383 e. The van der Waals surface area contributed by atoms with Crippen molar-refractivity contribution in [3.05, 3.63) is 45.2 Å². The van der Waals surface area contributed by atoms with Gasteiger partial charge in [-0.05, 0) is 17.7 Å². The third-order valence-electron chi connectivity index (χ3n) is 2.66. The molecule has 0 saturated carbocycles. The third-order valence-corrected chi connectivity index (χ3v) is 4.04. The maximum atomic E-state index is 11.4. The summed E-state index contributed by atoms with van der Waals surface area (Å²) < 4.78 is 0. The summed E-state index contributed by atoms with van der Waals surface area (Å²) >= 11 is 7.55. The minimum atomic E-state index is -0.279. The maximum absolute atomic E-state index is 11.4. The topological polar surface area (TPSA) is 83.8 Å². The second-order valence-electron chi connectivity index (χ2n) is 4.88. The number of hydrogen-bond donors (Lipinski definition) is 3. The van der Waals surface area contributed by atoms with Crippen LogP contribution < -0.4 is 16.6 Å². The van der Waals surface area contributed by atoms with Crippen LogP contribution in [0.25, 0.3) is 0 Å². The van der Waals surface area contributed by atoms with Gasteiger partial charge in [-0.25, -0.2) is 4.98 Å². The summed E-state index contributed by atoms with van der Waals surface area (Å²) in [5.41, 5.74) is 6.38. The lowest BCUT2D eigenvalue weighted by molar-refractivity contribution is 0.588. The van der Waals surface area contributed by atoms with Gasteiger partial charge in [0.2, 0.25) is 0 Å². The minimum Gasteiger partial charge on any atom is -0.383 e. The predicted molar refractivity (Wildman–Crippen MR) is 86.8 cm³/mol. The van der Waals surface area contributed by atoms with Crippen LogP contribution in [0.1, 0.15) is 19.4 Å². The zero-order valence-corrected chi connectivity index (χ0v) is 13.4. The van der Waals surface area contributed by atoms with Gasteiger partial charge in [0.1, 0.15) is 5.82 Å². The number of benzene rings is 1. The Labute approximate surface area is 132 Å². The summed E-state index contributed by atoms with van der Waals surface area (Å²) in [6.07, 6.45) is 0. The number of rotatable bonds is 5. The number of nitrogens with one attached hydrogen (secondary N) is 2. The van der Waals surface area contributed by atoms with Gasteiger partial charge in [0.15, 0.2) is 5.16 Å². The average Bonchev–Trinajstić information content (AvgIpc) is 2.38. The number of anilines is 1. The zero-order valence-electron chi connectivity index (χ0n) is 11.8. The number of nitrogen functional groups attached to an aromatic ring is 1. The van der Waals surface area contributed by atoms with Crippen molar-refractivity contribution >= 4 is 29.2 Å². The molecule has 0 aliphatic carbocycles. The Morgan fingerprint density at radius 1 is 1.43 bits per heavy atom. The zero-order chi connectivity index (χ0) is 15.4. The monoisotopic (exact) mass is 324 g/mol. The number of H-pyrrole nitrogens is 1. The summed E-state index contributed by atoms with van der Waals surface area (Å²) in [5.74, 6) is 0.190. The van der Waals surface area contributed by atoms with E-state index in [1.807, 2.05) is 18.2 Å². The van der Waals surface area contributed by atoms with Crippen LogP contribution in [0.3, 0.4) is 0 Å². The van der Waals surface area contributed by atoms with E-state index < -0.39 is 0 Å². The van der Waals surface area contributed by atoms with Gasteiger partial charge in [-0.15, -0.1) is 0 Å². The molecule has 0 radical (unpaired) electrons. The van der Waals surface area contributed by atoms with Crippen molar-refractivity contribution in [2.75, 3.05) is 5.73 Å². The average molecular weight is 325 g/mol. The molecule has 112 valence electrons. The Hall–Kier alpha value is -1.50. The van der Waals surface area contributed by atoms with Gasteiger partial charge in [-0.1, -0.05) is 43.3 Å². The smallest absolute Gasteiger partial charge is 0.253 e. The van der Waals surface area contributed by atoms with Gasteiger partial charge < -0.3 is 16.0 Å². The normalized spacial score (nSPS) is 11.0. The summed E-state index contributed by atoms with van der Waals surface area (Å²) in [6.45, 7) is 4.94. The van der Waals surface area contributed by atoms with Gasteiger partial charge in [0, 0.05) is 23.5 Å². The first kappa shape index (κ1) is 15.9. The van der Waals surface area contributed by atoms with Gasteiger partial charge in [-0.3, -0.25) is 4.79 Å². The first-order chi connectivity index (χ1) is 9.94. The van der Waals surface area contributed by atoms with Crippen molar-refractivity contribution < 1.29 is 0 Å². The lowest BCUT2D eigenvalue weighted by atomic mass is 10.2. The van der Waals surface area contributed by atoms with Gasteiger partial charge in [0.05, 0.1) is 5.02 Å². The summed E-state index contributed by atoms with van der Waals surface area (Å²) in [7, 11) is 0. The molecule has 1 heterocycles. The molecule has 0 fully saturated rings. The van der Waals surface area contributed by atoms with E-state index in [9.17, 15) is 4.79 Å². The van der Waals surface area contributed by atoms with Crippen molar-refractivity contribution in [1.29, 1.82) is 0 Å². The second kappa shape index (κ2) is 6.98. The fourth-order valence-electron chi connectivity index (χ4n) is 1.66. The van der Waals surface area contributed by atoms with E-state index in [2.05, 4.69) is 29.1 Å². The molecular weight excluding hydrogens is 308 g/mol. The highest BCUT2D eigenvalue weighted by Gasteiger charge is 2.07. The molecule has 1 aromatic carbocycles. The number of halogens is 1. The first-order valence-corrected chi connectivity index (χ1v) is 7.70. The lowest BCUT2D eigenvalue weighted by Crippen LogP contribution is -2.21. The molecule has 0 unspecified atom stereocenters. The number of nitrogens with two attached hydrogens (primary N) is 1. The number of aromatic amines is 1. The molecule has 0 aliphatic heterocycles. The van der Waals surface area contributed by atoms with Crippen molar-refractivity contribution in [3.63, 3.8) is 0 Å². The Morgan fingerprint density at radius 2 is 2.19 bits per heavy atom. The molecule has 0 bridgehead atoms. The standard InChI is InChI=1S/C14H17ClN4OS/c1-8(2)17-7-9-3-4-11(10(15)5-9)21-14-18-12(16)6-13(20)19-14/h3-6,8,17H,7H2,1-2H3,(H3,16,18,19,20). The van der Waals surface area contributed by atoms with E-state index in [1.54, 1.807) is 0 Å². The Balaban J connectivity index is 2.15. The fraction of sp³-hybridized carbons (Fsp3) is 0.286. The first-order valence-electron chi connectivity index (χ1n) is 6.50. The molecule has 2 rings (SSSR count). The Kier molecular flexibility index (Phi) is 5.27. The third kappa shape index (κ3) is 4.77. The van der Waals surface area contributed by atoms with Crippen LogP contribution in [0.5, 0.6) is 0 Å². The molecule has 21 heavy (non-hydrogen) atoms. The van der Waals surface area contributed by atoms with Crippen LogP contribution in [0.15, 0.2) is 39.1 Å². The quantitative estimate of drug-likeness (QED) is 0.736. The van der Waals surface area contributed by atoms with Gasteiger partial charge >= 0.3 is 0 Å². The highest BCUT2D eigenvalue weighted by atomic mass is 35.5. The Bertz CT molecular complexity index is 687. The van der Waals surface area contributed by atoms with Crippen molar-refractivity contribution in [2.24, 2.45) is 0 Å². The molecule has 4 N–H and O–H groups in total. The molecular formula is C14H17ClN4OS. The molecule has 0 saturated heterocycles. The predicted octanol–water partition coefficient (Wildman–Crippen LogP) is 2.65. The van der Waals surface area contributed by atoms with Crippen molar-refractivity contribution in [2.45, 2.75) is 36.5 Å². The van der Waals surface area contributed by atoms with E-state index in [1.165, 1.54) is 17.8 Å². The van der Waals surface area contributed by atoms with Crippen LogP contribution in [0.2, 0.25) is 5.02 Å². The second-order valence-corrected chi connectivity index (χ2v) is 6.32. The van der Waals surface area contributed by atoms with Crippen LogP contribution in [0, 0.1) is 0 Å². The maximum Gasteiger partial charge on any atom is 0.253 e. The van der Waals surface area contributed by atoms with E-state index >= 15 is 0 Å². The van der Waals surface area contributed by atoms with Crippen molar-refractivity contribution in [3.8, 4) is 0 Å². The van der Waals surface area contributed by atoms with Crippen LogP contribution in [-0.2, 0) is 6.54 Å². The summed E-state index contributed by atoms with van der Waals surface area (Å²) in [6, 6.07) is 7.47. The number of nitrogens with zero attached hydrogens (tertiary/aromatic N) is 1. The van der Waals surface area contributed by atoms with E-state index in [0.717, 1.165) is 17.0 Å². The highest BCUT2D eigenvalue weighted by Crippen LogP contribution is 2.31. The van der Waals surface area contributed by atoms with Gasteiger partial charge in [-0.2, -0.15) is 0 Å². The molecule has 0 amide bonds. The summed E-state index contributed by atoms with van der Waals surface area (Å²) in [4.78, 5) is 18.9. The molecule has 0 aliphatic rings. The van der Waals surface area contributed by atoms with E-state index in [4.69, 9.17) is 17.3 Å². The highest BCUT2D eigenvalue weighted by molar-refractivity contribution is 7.99. The molecule has 2 aromatic rings. The Morgan fingerprint density at radius 3 is 2.81 bits per heavy atom. The lowest BCUT2D eigenvalue weighted by Gasteiger charge is -2.10. The van der Waals surface area contributed by atoms with Crippen molar-refractivity contribution in [1.82, 2.24) is 15.3 Å². The van der Waals surface area contributed by atoms with Crippen LogP contribution in [0.4, 0.5) is 5.82 Å². The molecule has 0 spiro atoms. The molecule has 1 aromatic heterocycles. The number of aromatic nitrogens is 2. The van der Waals surface area contributed by atoms with Gasteiger partial charge in [0.25, 0.3) is 5.56 Å². The molecule has 5 nitrogen and oxygen atoms in total. The van der Waals surface area contributed by atoms with E-state index in [0.29, 0.717) is 16.2 Å². The minimum absolute atomic E-state index is 0.190. The van der Waals surface area contributed by atoms with Crippen LogP contribution >= 0.6 is 23.4 Å². The van der Waals surface area contributed by atoms with E-state index in [-0.39, 0.29) is 11.4 Å². The number of hydrogen-bond acceptors (Lipinski definition) is 5. The summed E-state index contributed by atoms with van der Waals surface area (Å²) in [5, 5.41) is 4.38. The fourth-order valence-corrected chi connectivity index (χ4v) is 2.79. The van der Waals surface area contributed by atoms with Crippen LogP contribution in [-0.4, -0.2) is 16.0 Å². The SMILES string of the molecule is CC(C)NCc1ccc(Sc2nc(N)cc(=O)[nH]2)c(Cl)c1.